The lowest BCUT2D eigenvalue weighted by Crippen LogP contribution is -2.24. The highest BCUT2D eigenvalue weighted by molar-refractivity contribution is 5.35. The topological polar surface area (TPSA) is 34.0 Å². The number of aromatic nitrogens is 1. The Morgan fingerprint density at radius 1 is 1.29 bits per heavy atom. The summed E-state index contributed by atoms with van der Waals surface area (Å²) in [5.74, 6) is 0.242. The summed E-state index contributed by atoms with van der Waals surface area (Å²) in [6.07, 6.45) is 1.79. The quantitative estimate of drug-likeness (QED) is 0.917. The van der Waals surface area contributed by atoms with Crippen LogP contribution in [0.15, 0.2) is 41.3 Å². The second-order valence-electron chi connectivity index (χ2n) is 5.68. The van der Waals surface area contributed by atoms with Crippen molar-refractivity contribution in [2.75, 3.05) is 6.54 Å². The summed E-state index contributed by atoms with van der Waals surface area (Å²) >= 11 is 0. The van der Waals surface area contributed by atoms with Crippen molar-refractivity contribution >= 4 is 0 Å². The highest BCUT2D eigenvalue weighted by atomic mass is 19.1. The van der Waals surface area contributed by atoms with E-state index in [9.17, 15) is 9.18 Å². The molecule has 1 aromatic carbocycles. The molecule has 112 valence electrons. The van der Waals surface area contributed by atoms with Gasteiger partial charge in [0.2, 0.25) is 0 Å². The number of rotatable bonds is 5. The van der Waals surface area contributed by atoms with Gasteiger partial charge in [0.05, 0.1) is 0 Å². The zero-order valence-corrected chi connectivity index (χ0v) is 12.7. The van der Waals surface area contributed by atoms with Gasteiger partial charge in [0, 0.05) is 35.8 Å². The minimum atomic E-state index is -0.287. The number of pyridine rings is 1. The summed E-state index contributed by atoms with van der Waals surface area (Å²) < 4.78 is 15.2. The second kappa shape index (κ2) is 6.68. The standard InChI is InChI=1S/C17H21FN2O/c1-12(2)9-19-10-14-11-20(13(3)7-17(14)21)16-6-4-5-15(18)8-16/h4-8,11-12,19H,9-10H2,1-3H3. The van der Waals surface area contributed by atoms with Crippen LogP contribution in [0.1, 0.15) is 25.1 Å². The van der Waals surface area contributed by atoms with Crippen LogP contribution >= 0.6 is 0 Å². The van der Waals surface area contributed by atoms with E-state index in [0.717, 1.165) is 17.9 Å². The van der Waals surface area contributed by atoms with Gasteiger partial charge in [0.1, 0.15) is 5.82 Å². The number of halogens is 1. The van der Waals surface area contributed by atoms with E-state index in [1.165, 1.54) is 12.1 Å². The van der Waals surface area contributed by atoms with Crippen LogP contribution in [0.3, 0.4) is 0 Å². The predicted octanol–water partition coefficient (Wildman–Crippen LogP) is 3.03. The van der Waals surface area contributed by atoms with Crippen LogP contribution in [-0.2, 0) is 6.54 Å². The Hall–Kier alpha value is -1.94. The van der Waals surface area contributed by atoms with Gasteiger partial charge in [0.15, 0.2) is 5.43 Å². The zero-order valence-electron chi connectivity index (χ0n) is 12.7. The first-order valence-electron chi connectivity index (χ1n) is 7.16. The minimum absolute atomic E-state index is 0.0106. The van der Waals surface area contributed by atoms with Gasteiger partial charge in [-0.1, -0.05) is 19.9 Å². The molecule has 1 heterocycles. The van der Waals surface area contributed by atoms with Crippen LogP contribution in [0, 0.1) is 18.7 Å². The number of nitrogens with one attached hydrogen (secondary N) is 1. The maximum Gasteiger partial charge on any atom is 0.186 e. The summed E-state index contributed by atoms with van der Waals surface area (Å²) in [5, 5.41) is 3.26. The normalized spacial score (nSPS) is 11.1. The van der Waals surface area contributed by atoms with E-state index < -0.39 is 0 Å². The molecule has 0 unspecified atom stereocenters. The van der Waals surface area contributed by atoms with Crippen molar-refractivity contribution < 1.29 is 4.39 Å². The summed E-state index contributed by atoms with van der Waals surface area (Å²) in [6, 6.07) is 7.96. The third-order valence-electron chi connectivity index (χ3n) is 3.28. The van der Waals surface area contributed by atoms with Crippen LogP contribution in [0.4, 0.5) is 4.39 Å². The lowest BCUT2D eigenvalue weighted by Gasteiger charge is -2.14. The van der Waals surface area contributed by atoms with Crippen LogP contribution < -0.4 is 10.7 Å². The summed E-state index contributed by atoms with van der Waals surface area (Å²) in [6.45, 7) is 7.46. The van der Waals surface area contributed by atoms with E-state index in [2.05, 4.69) is 19.2 Å². The second-order valence-corrected chi connectivity index (χ2v) is 5.68. The van der Waals surface area contributed by atoms with E-state index in [1.54, 1.807) is 18.3 Å². The summed E-state index contributed by atoms with van der Waals surface area (Å²) in [7, 11) is 0. The molecule has 0 spiro atoms. The third-order valence-corrected chi connectivity index (χ3v) is 3.28. The van der Waals surface area contributed by atoms with Crippen molar-refractivity contribution in [2.45, 2.75) is 27.3 Å². The molecule has 0 aliphatic carbocycles. The molecule has 1 aromatic heterocycles. The lowest BCUT2D eigenvalue weighted by molar-refractivity contribution is 0.550. The van der Waals surface area contributed by atoms with Crippen molar-refractivity contribution in [3.8, 4) is 5.69 Å². The number of aryl methyl sites for hydroxylation is 1. The molecule has 0 fully saturated rings. The number of nitrogens with zero attached hydrogens (tertiary/aromatic N) is 1. The van der Waals surface area contributed by atoms with Crippen LogP contribution in [0.5, 0.6) is 0 Å². The Balaban J connectivity index is 2.32. The number of benzene rings is 1. The van der Waals surface area contributed by atoms with Crippen molar-refractivity contribution in [2.24, 2.45) is 5.92 Å². The molecule has 21 heavy (non-hydrogen) atoms. The molecule has 3 nitrogen and oxygen atoms in total. The first kappa shape index (κ1) is 15.4. The highest BCUT2D eigenvalue weighted by Crippen LogP contribution is 2.12. The lowest BCUT2D eigenvalue weighted by atomic mass is 10.2. The number of hydrogen-bond acceptors (Lipinski definition) is 2. The number of hydrogen-bond donors (Lipinski definition) is 1. The zero-order chi connectivity index (χ0) is 15.4. The Morgan fingerprint density at radius 2 is 2.05 bits per heavy atom. The van der Waals surface area contributed by atoms with Gasteiger partial charge in [-0.2, -0.15) is 0 Å². The van der Waals surface area contributed by atoms with Crippen LogP contribution in [0.2, 0.25) is 0 Å². The first-order valence-corrected chi connectivity index (χ1v) is 7.16. The van der Waals surface area contributed by atoms with Crippen molar-refractivity contribution in [3.63, 3.8) is 0 Å². The maximum absolute atomic E-state index is 13.4. The van der Waals surface area contributed by atoms with E-state index in [0.29, 0.717) is 18.0 Å². The molecular weight excluding hydrogens is 267 g/mol. The van der Waals surface area contributed by atoms with E-state index in [4.69, 9.17) is 0 Å². The molecule has 1 N–H and O–H groups in total. The average Bonchev–Trinajstić information content (AvgIpc) is 2.40. The van der Waals surface area contributed by atoms with Gasteiger partial charge in [-0.05, 0) is 37.6 Å². The Kier molecular flexibility index (Phi) is 4.91. The fourth-order valence-electron chi connectivity index (χ4n) is 2.21. The van der Waals surface area contributed by atoms with E-state index >= 15 is 0 Å². The fourth-order valence-corrected chi connectivity index (χ4v) is 2.21. The highest BCUT2D eigenvalue weighted by Gasteiger charge is 2.06. The molecule has 0 radical (unpaired) electrons. The molecule has 4 heteroatoms. The Labute approximate surface area is 124 Å². The molecule has 0 aliphatic heterocycles. The van der Waals surface area contributed by atoms with Crippen molar-refractivity contribution in [1.82, 2.24) is 9.88 Å². The molecule has 0 atom stereocenters. The van der Waals surface area contributed by atoms with Gasteiger partial charge in [-0.25, -0.2) is 4.39 Å². The third kappa shape index (κ3) is 4.02. The Morgan fingerprint density at radius 3 is 2.71 bits per heavy atom. The SMILES string of the molecule is Cc1cc(=O)c(CNCC(C)C)cn1-c1cccc(F)c1. The molecule has 2 aromatic rings. The van der Waals surface area contributed by atoms with E-state index in [-0.39, 0.29) is 11.2 Å². The molecule has 0 bridgehead atoms. The van der Waals surface area contributed by atoms with E-state index in [1.807, 2.05) is 17.6 Å². The van der Waals surface area contributed by atoms with Gasteiger partial charge in [-0.15, -0.1) is 0 Å². The molecule has 2 rings (SSSR count). The largest absolute Gasteiger partial charge is 0.320 e. The van der Waals surface area contributed by atoms with Gasteiger partial charge in [-0.3, -0.25) is 4.79 Å². The summed E-state index contributed by atoms with van der Waals surface area (Å²) in [5.41, 5.74) is 2.21. The minimum Gasteiger partial charge on any atom is -0.320 e. The van der Waals surface area contributed by atoms with Gasteiger partial charge < -0.3 is 9.88 Å². The van der Waals surface area contributed by atoms with Gasteiger partial charge >= 0.3 is 0 Å². The molecule has 0 saturated carbocycles. The molecule has 0 aliphatic rings. The summed E-state index contributed by atoms with van der Waals surface area (Å²) in [4.78, 5) is 12.0. The fraction of sp³-hybridized carbons (Fsp3) is 0.353. The molecule has 0 amide bonds. The maximum atomic E-state index is 13.4. The van der Waals surface area contributed by atoms with Crippen molar-refractivity contribution in [3.05, 3.63) is 63.8 Å². The monoisotopic (exact) mass is 288 g/mol. The molecular formula is C17H21FN2O. The van der Waals surface area contributed by atoms with Crippen molar-refractivity contribution in [1.29, 1.82) is 0 Å². The van der Waals surface area contributed by atoms with Gasteiger partial charge in [0.25, 0.3) is 0 Å². The predicted molar refractivity (Wildman–Crippen MR) is 83.3 cm³/mol. The first-order chi connectivity index (χ1) is 9.97. The molecule has 0 saturated heterocycles. The average molecular weight is 288 g/mol. The smallest absolute Gasteiger partial charge is 0.186 e. The van der Waals surface area contributed by atoms with Crippen LogP contribution in [-0.4, -0.2) is 11.1 Å². The van der Waals surface area contributed by atoms with Crippen LogP contribution in [0.25, 0.3) is 5.69 Å². The Bertz CT molecular complexity index is 677.